The van der Waals surface area contributed by atoms with Crippen LogP contribution in [-0.4, -0.2) is 25.6 Å². The standard InChI is InChI=1S/C26H22F7N3O3S/c1-40(38,39)36-24-19(25(28,29)30)13-17(14-20(24)27)15-34-23(37)12-9-18-8-11-22(26(31,32)33)35-21(18)10-7-16-5-3-2-4-6-16/h2-6,8-9,11-14,36H,7,10,15H2,1H3,(H,34,37)/b12-9-. The SMILES string of the molecule is CS(=O)(=O)Nc1c(F)cc(CNC(=O)/C=C\c2ccc(C(F)(F)F)nc2CCc2ccccc2)cc1C(F)(F)F. The van der Waals surface area contributed by atoms with Crippen molar-refractivity contribution >= 4 is 27.7 Å². The predicted molar refractivity (Wildman–Crippen MR) is 134 cm³/mol. The van der Waals surface area contributed by atoms with Crippen LogP contribution in [0.4, 0.5) is 36.4 Å². The lowest BCUT2D eigenvalue weighted by molar-refractivity contribution is -0.141. The Morgan fingerprint density at radius 3 is 2.20 bits per heavy atom. The van der Waals surface area contributed by atoms with E-state index < -0.39 is 57.6 Å². The number of carbonyl (C=O) groups excluding carboxylic acids is 1. The zero-order chi connectivity index (χ0) is 29.7. The van der Waals surface area contributed by atoms with Gasteiger partial charge in [-0.1, -0.05) is 36.4 Å². The number of nitrogens with zero attached hydrogens (tertiary/aromatic N) is 1. The van der Waals surface area contributed by atoms with Crippen LogP contribution >= 0.6 is 0 Å². The molecule has 40 heavy (non-hydrogen) atoms. The molecule has 0 saturated heterocycles. The van der Waals surface area contributed by atoms with Crippen molar-refractivity contribution in [2.75, 3.05) is 11.0 Å². The molecule has 0 atom stereocenters. The molecule has 0 spiro atoms. The minimum Gasteiger partial charge on any atom is -0.348 e. The van der Waals surface area contributed by atoms with E-state index in [1.807, 2.05) is 0 Å². The van der Waals surface area contributed by atoms with E-state index in [0.29, 0.717) is 24.8 Å². The van der Waals surface area contributed by atoms with Gasteiger partial charge < -0.3 is 5.32 Å². The predicted octanol–water partition coefficient (Wildman–Crippen LogP) is 5.74. The smallest absolute Gasteiger partial charge is 0.348 e. The molecule has 2 N–H and O–H groups in total. The van der Waals surface area contributed by atoms with Crippen molar-refractivity contribution in [3.63, 3.8) is 0 Å². The van der Waals surface area contributed by atoms with Gasteiger partial charge >= 0.3 is 12.4 Å². The Kier molecular flexibility index (Phi) is 9.23. The van der Waals surface area contributed by atoms with Gasteiger partial charge in [0.1, 0.15) is 11.5 Å². The van der Waals surface area contributed by atoms with Gasteiger partial charge in [0.15, 0.2) is 0 Å². The Morgan fingerprint density at radius 1 is 0.925 bits per heavy atom. The van der Waals surface area contributed by atoms with Gasteiger partial charge in [-0.2, -0.15) is 26.3 Å². The Labute approximate surface area is 225 Å². The van der Waals surface area contributed by atoms with Gasteiger partial charge in [0.05, 0.1) is 17.5 Å². The molecule has 3 aromatic rings. The summed E-state index contributed by atoms with van der Waals surface area (Å²) in [4.78, 5) is 16.0. The summed E-state index contributed by atoms with van der Waals surface area (Å²) < 4.78 is 118. The number of sulfonamides is 1. The van der Waals surface area contributed by atoms with Crippen molar-refractivity contribution in [3.05, 3.63) is 100 Å². The Bertz CT molecular complexity index is 1500. The van der Waals surface area contributed by atoms with Gasteiger partial charge in [-0.05, 0) is 53.8 Å². The van der Waals surface area contributed by atoms with Gasteiger partial charge in [-0.15, -0.1) is 0 Å². The Hall–Kier alpha value is -3.94. The molecule has 1 amide bonds. The second-order valence-electron chi connectivity index (χ2n) is 8.64. The molecule has 0 saturated carbocycles. The molecule has 6 nitrogen and oxygen atoms in total. The summed E-state index contributed by atoms with van der Waals surface area (Å²) in [7, 11) is -4.23. The molecule has 0 fully saturated rings. The first-order valence-corrected chi connectivity index (χ1v) is 13.4. The van der Waals surface area contributed by atoms with E-state index in [-0.39, 0.29) is 23.2 Å². The molecule has 0 aliphatic carbocycles. The van der Waals surface area contributed by atoms with Gasteiger partial charge in [0.2, 0.25) is 15.9 Å². The number of nitrogens with one attached hydrogen (secondary N) is 2. The quantitative estimate of drug-likeness (QED) is 0.246. The van der Waals surface area contributed by atoms with Crippen LogP contribution in [0.3, 0.4) is 0 Å². The highest BCUT2D eigenvalue weighted by Gasteiger charge is 2.36. The average Bonchev–Trinajstić information content (AvgIpc) is 2.85. The molecular weight excluding hydrogens is 567 g/mol. The molecule has 0 bridgehead atoms. The van der Waals surface area contributed by atoms with Crippen LogP contribution < -0.4 is 10.0 Å². The van der Waals surface area contributed by atoms with Crippen LogP contribution in [0.15, 0.2) is 60.7 Å². The normalized spacial score (nSPS) is 12.5. The highest BCUT2D eigenvalue weighted by molar-refractivity contribution is 7.92. The lowest BCUT2D eigenvalue weighted by Crippen LogP contribution is -2.22. The van der Waals surface area contributed by atoms with E-state index in [1.165, 1.54) is 10.8 Å². The van der Waals surface area contributed by atoms with Crippen LogP contribution in [0.2, 0.25) is 0 Å². The first-order valence-electron chi connectivity index (χ1n) is 11.5. The van der Waals surface area contributed by atoms with Crippen LogP contribution in [0.25, 0.3) is 6.08 Å². The number of pyridine rings is 1. The minimum absolute atomic E-state index is 0.0774. The van der Waals surface area contributed by atoms with Crippen molar-refractivity contribution < 1.29 is 43.9 Å². The number of rotatable bonds is 9. The maximum atomic E-state index is 14.4. The molecule has 214 valence electrons. The monoisotopic (exact) mass is 589 g/mol. The topological polar surface area (TPSA) is 88.2 Å². The van der Waals surface area contributed by atoms with Crippen molar-refractivity contribution in [3.8, 4) is 0 Å². The Balaban J connectivity index is 1.78. The van der Waals surface area contributed by atoms with Crippen LogP contribution in [-0.2, 0) is 46.6 Å². The molecule has 0 aliphatic rings. The molecule has 3 rings (SSSR count). The van der Waals surface area contributed by atoms with Crippen LogP contribution in [0, 0.1) is 5.82 Å². The number of aromatic nitrogens is 1. The fourth-order valence-corrected chi connectivity index (χ4v) is 4.20. The molecule has 0 radical (unpaired) electrons. The Morgan fingerprint density at radius 2 is 1.60 bits per heavy atom. The molecule has 1 heterocycles. The fourth-order valence-electron chi connectivity index (χ4n) is 3.62. The fraction of sp³-hybridized carbons (Fsp3) is 0.231. The van der Waals surface area contributed by atoms with Crippen molar-refractivity contribution in [1.82, 2.24) is 10.3 Å². The molecule has 2 aromatic carbocycles. The van der Waals surface area contributed by atoms with Gasteiger partial charge in [-0.3, -0.25) is 9.52 Å². The number of hydrogen-bond donors (Lipinski definition) is 2. The third-order valence-electron chi connectivity index (χ3n) is 5.42. The second kappa shape index (κ2) is 12.1. The minimum atomic E-state index is -5.11. The van der Waals surface area contributed by atoms with E-state index in [4.69, 9.17) is 0 Å². The highest BCUT2D eigenvalue weighted by Crippen LogP contribution is 2.37. The first kappa shape index (κ1) is 30.6. The van der Waals surface area contributed by atoms with Crippen molar-refractivity contribution in [1.29, 1.82) is 0 Å². The lowest BCUT2D eigenvalue weighted by atomic mass is 10.0. The van der Waals surface area contributed by atoms with Crippen LogP contribution in [0.1, 0.15) is 33.6 Å². The van der Waals surface area contributed by atoms with E-state index >= 15 is 0 Å². The number of aryl methyl sites for hydroxylation is 2. The molecule has 14 heteroatoms. The zero-order valence-corrected chi connectivity index (χ0v) is 21.5. The summed E-state index contributed by atoms with van der Waals surface area (Å²) >= 11 is 0. The molecule has 1 aromatic heterocycles. The molecular formula is C26H22F7N3O3S. The van der Waals surface area contributed by atoms with Gasteiger partial charge in [0.25, 0.3) is 0 Å². The number of halogens is 7. The van der Waals surface area contributed by atoms with Crippen molar-refractivity contribution in [2.24, 2.45) is 0 Å². The highest BCUT2D eigenvalue weighted by atomic mass is 32.2. The summed E-state index contributed by atoms with van der Waals surface area (Å²) in [6, 6.07) is 12.0. The maximum Gasteiger partial charge on any atom is 0.433 e. The van der Waals surface area contributed by atoms with Gasteiger partial charge in [0, 0.05) is 18.3 Å². The van der Waals surface area contributed by atoms with E-state index in [9.17, 15) is 43.9 Å². The first-order chi connectivity index (χ1) is 18.5. The number of hydrogen-bond acceptors (Lipinski definition) is 4. The number of benzene rings is 2. The van der Waals surface area contributed by atoms with Crippen molar-refractivity contribution in [2.45, 2.75) is 31.7 Å². The summed E-state index contributed by atoms with van der Waals surface area (Å²) in [5.41, 5.74) is -3.12. The number of carbonyl (C=O) groups is 1. The second-order valence-corrected chi connectivity index (χ2v) is 10.4. The molecule has 0 unspecified atom stereocenters. The van der Waals surface area contributed by atoms with Gasteiger partial charge in [-0.25, -0.2) is 17.8 Å². The zero-order valence-electron chi connectivity index (χ0n) is 20.7. The number of amides is 1. The summed E-state index contributed by atoms with van der Waals surface area (Å²) in [5.74, 6) is -2.33. The lowest BCUT2D eigenvalue weighted by Gasteiger charge is -2.16. The third kappa shape index (κ3) is 8.79. The average molecular weight is 590 g/mol. The number of alkyl halides is 6. The number of anilines is 1. The van der Waals surface area contributed by atoms with E-state index in [0.717, 1.165) is 23.8 Å². The van der Waals surface area contributed by atoms with Crippen LogP contribution in [0.5, 0.6) is 0 Å². The van der Waals surface area contributed by atoms with E-state index in [1.54, 1.807) is 30.3 Å². The summed E-state index contributed by atoms with van der Waals surface area (Å²) in [6.45, 7) is -0.561. The molecule has 0 aliphatic heterocycles. The maximum absolute atomic E-state index is 14.4. The largest absolute Gasteiger partial charge is 0.433 e. The summed E-state index contributed by atoms with van der Waals surface area (Å²) in [5, 5.41) is 2.26. The van der Waals surface area contributed by atoms with E-state index in [2.05, 4.69) is 10.3 Å². The summed E-state index contributed by atoms with van der Waals surface area (Å²) in [6.07, 6.45) is -6.56. The third-order valence-corrected chi connectivity index (χ3v) is 5.99.